The van der Waals surface area contributed by atoms with Crippen LogP contribution in [0.2, 0.25) is 0 Å². The molecule has 2 aliphatic heterocycles. The molecular formula is C34H32F3N5O. The second-order valence-corrected chi connectivity index (χ2v) is 11.3. The van der Waals surface area contributed by atoms with Gasteiger partial charge >= 0.3 is 6.18 Å². The average Bonchev–Trinajstić information content (AvgIpc) is 3.71. The van der Waals surface area contributed by atoms with Crippen molar-refractivity contribution in [1.29, 1.82) is 5.26 Å². The Morgan fingerprint density at radius 1 is 0.953 bits per heavy atom. The molecule has 4 aromatic rings. The van der Waals surface area contributed by atoms with Crippen LogP contribution >= 0.6 is 0 Å². The number of nitrogens with zero attached hydrogens (tertiary/aromatic N) is 4. The van der Waals surface area contributed by atoms with Crippen molar-refractivity contribution in [3.05, 3.63) is 95.1 Å². The Hall–Kier alpha value is -4.42. The Balaban J connectivity index is 1.37. The van der Waals surface area contributed by atoms with E-state index in [-0.39, 0.29) is 24.1 Å². The van der Waals surface area contributed by atoms with Crippen LogP contribution in [0.5, 0.6) is 0 Å². The third-order valence-corrected chi connectivity index (χ3v) is 8.47. The van der Waals surface area contributed by atoms with Gasteiger partial charge in [0.05, 0.1) is 28.3 Å². The molecular weight excluding hydrogens is 551 g/mol. The molecule has 1 amide bonds. The highest BCUT2D eigenvalue weighted by atomic mass is 19.4. The number of rotatable bonds is 7. The van der Waals surface area contributed by atoms with Crippen LogP contribution in [-0.4, -0.2) is 52.9 Å². The molecule has 2 fully saturated rings. The van der Waals surface area contributed by atoms with Gasteiger partial charge in [0.1, 0.15) is 5.82 Å². The normalized spacial score (nSPS) is 17.3. The maximum Gasteiger partial charge on any atom is 0.416 e. The Morgan fingerprint density at radius 2 is 1.70 bits per heavy atom. The van der Waals surface area contributed by atoms with E-state index in [1.165, 1.54) is 25.0 Å². The van der Waals surface area contributed by atoms with Gasteiger partial charge in [-0.25, -0.2) is 4.98 Å². The van der Waals surface area contributed by atoms with Crippen molar-refractivity contribution in [1.82, 2.24) is 14.8 Å². The summed E-state index contributed by atoms with van der Waals surface area (Å²) in [6.45, 7) is 3.53. The van der Waals surface area contributed by atoms with Gasteiger partial charge in [-0.05, 0) is 91.9 Å². The molecule has 0 unspecified atom stereocenters. The molecule has 2 saturated heterocycles. The van der Waals surface area contributed by atoms with Crippen molar-refractivity contribution >= 4 is 22.6 Å². The number of aromatic nitrogens is 1. The Kier molecular flexibility index (Phi) is 8.04. The van der Waals surface area contributed by atoms with Crippen LogP contribution in [0.25, 0.3) is 22.0 Å². The number of benzene rings is 3. The summed E-state index contributed by atoms with van der Waals surface area (Å²) < 4.78 is 40.8. The van der Waals surface area contributed by atoms with Crippen LogP contribution in [0.15, 0.2) is 72.8 Å². The number of anilines is 1. The topological polar surface area (TPSA) is 72.3 Å². The predicted octanol–water partition coefficient (Wildman–Crippen LogP) is 7.10. The molecule has 0 spiro atoms. The van der Waals surface area contributed by atoms with Crippen molar-refractivity contribution in [2.24, 2.45) is 0 Å². The fourth-order valence-corrected chi connectivity index (χ4v) is 6.26. The molecule has 220 valence electrons. The van der Waals surface area contributed by atoms with E-state index >= 15 is 0 Å². The molecule has 2 aliphatic rings. The van der Waals surface area contributed by atoms with Crippen LogP contribution in [0.1, 0.15) is 52.7 Å². The first-order valence-electron chi connectivity index (χ1n) is 14.7. The second kappa shape index (κ2) is 12.1. The van der Waals surface area contributed by atoms with Crippen LogP contribution in [0, 0.1) is 11.3 Å². The minimum absolute atomic E-state index is 0.0908. The molecule has 0 aliphatic carbocycles. The minimum Gasteiger partial charge on any atom is -0.366 e. The fourth-order valence-electron chi connectivity index (χ4n) is 6.26. The first kappa shape index (κ1) is 28.7. The van der Waals surface area contributed by atoms with E-state index in [1.807, 2.05) is 35.2 Å². The number of hydrogen-bond acceptors (Lipinski definition) is 5. The molecule has 9 heteroatoms. The molecule has 1 aromatic heterocycles. The van der Waals surface area contributed by atoms with Crippen LogP contribution in [0.3, 0.4) is 0 Å². The number of pyridine rings is 1. The third kappa shape index (κ3) is 6.20. The maximum absolute atomic E-state index is 14.3. The fraction of sp³-hybridized carbons (Fsp3) is 0.324. The second-order valence-electron chi connectivity index (χ2n) is 11.3. The van der Waals surface area contributed by atoms with Gasteiger partial charge < -0.3 is 15.1 Å². The standard InChI is InChI=1S/C34H32F3N5O/c35-34(36,37)30-8-2-1-6-26(30)21-39-32-19-29(33(43)42-17-5-7-27(42)22-41-15-3-4-16-41)28-18-25(13-14-31(28)40-32)24-11-9-23(20-38)10-12-24/h1-2,6,8-14,18-19,27H,3-5,7,15-17,21-22H2,(H,39,40)/t27-/m0/s1. The summed E-state index contributed by atoms with van der Waals surface area (Å²) in [7, 11) is 0. The van der Waals surface area contributed by atoms with Gasteiger partial charge in [-0.2, -0.15) is 18.4 Å². The lowest BCUT2D eigenvalue weighted by molar-refractivity contribution is -0.138. The number of hydrogen-bond donors (Lipinski definition) is 1. The molecule has 6 rings (SSSR count). The largest absolute Gasteiger partial charge is 0.416 e. The minimum atomic E-state index is -4.47. The third-order valence-electron chi connectivity index (χ3n) is 8.47. The van der Waals surface area contributed by atoms with E-state index in [2.05, 4.69) is 16.3 Å². The number of likely N-dealkylation sites (tertiary alicyclic amines) is 2. The number of alkyl halides is 3. The van der Waals surface area contributed by atoms with Gasteiger partial charge in [0.25, 0.3) is 5.91 Å². The van der Waals surface area contributed by atoms with Gasteiger partial charge in [0.15, 0.2) is 0 Å². The maximum atomic E-state index is 14.3. The predicted molar refractivity (Wildman–Crippen MR) is 160 cm³/mol. The van der Waals surface area contributed by atoms with Gasteiger partial charge in [0.2, 0.25) is 0 Å². The Labute approximate surface area is 248 Å². The zero-order valence-corrected chi connectivity index (χ0v) is 23.7. The molecule has 43 heavy (non-hydrogen) atoms. The summed E-state index contributed by atoms with van der Waals surface area (Å²) >= 11 is 0. The summed E-state index contributed by atoms with van der Waals surface area (Å²) in [4.78, 5) is 23.3. The van der Waals surface area contributed by atoms with Crippen LogP contribution < -0.4 is 5.32 Å². The van der Waals surface area contributed by atoms with E-state index in [1.54, 1.807) is 24.3 Å². The lowest BCUT2D eigenvalue weighted by atomic mass is 9.99. The lowest BCUT2D eigenvalue weighted by Gasteiger charge is -2.29. The summed E-state index contributed by atoms with van der Waals surface area (Å²) in [5, 5.41) is 12.9. The lowest BCUT2D eigenvalue weighted by Crippen LogP contribution is -2.42. The summed E-state index contributed by atoms with van der Waals surface area (Å²) in [6, 6.07) is 22.3. The van der Waals surface area contributed by atoms with Gasteiger partial charge in [-0.1, -0.05) is 36.4 Å². The van der Waals surface area contributed by atoms with Crippen molar-refractivity contribution in [2.45, 2.75) is 44.4 Å². The number of carbonyl (C=O) groups is 1. The van der Waals surface area contributed by atoms with Crippen molar-refractivity contribution < 1.29 is 18.0 Å². The average molecular weight is 584 g/mol. The number of nitriles is 1. The molecule has 0 bridgehead atoms. The smallest absolute Gasteiger partial charge is 0.366 e. The van der Waals surface area contributed by atoms with Gasteiger partial charge in [-0.3, -0.25) is 4.79 Å². The highest BCUT2D eigenvalue weighted by Gasteiger charge is 2.34. The van der Waals surface area contributed by atoms with E-state index in [9.17, 15) is 23.2 Å². The van der Waals surface area contributed by atoms with Crippen molar-refractivity contribution in [2.75, 3.05) is 31.5 Å². The number of halogens is 3. The van der Waals surface area contributed by atoms with Crippen LogP contribution in [-0.2, 0) is 12.7 Å². The molecule has 1 atom stereocenters. The highest BCUT2D eigenvalue weighted by molar-refractivity contribution is 6.08. The van der Waals surface area contributed by atoms with E-state index in [4.69, 9.17) is 4.98 Å². The van der Waals surface area contributed by atoms with Gasteiger partial charge in [0, 0.05) is 31.1 Å². The zero-order chi connectivity index (χ0) is 30.0. The molecule has 0 radical (unpaired) electrons. The Bertz CT molecular complexity index is 1670. The van der Waals surface area contributed by atoms with Crippen molar-refractivity contribution in [3.63, 3.8) is 0 Å². The highest BCUT2D eigenvalue weighted by Crippen LogP contribution is 2.33. The quantitative estimate of drug-likeness (QED) is 0.251. The molecule has 0 saturated carbocycles. The molecule has 3 aromatic carbocycles. The number of nitrogens with one attached hydrogen (secondary N) is 1. The Morgan fingerprint density at radius 3 is 2.44 bits per heavy atom. The summed E-state index contributed by atoms with van der Waals surface area (Å²) in [6.07, 6.45) is -0.233. The van der Waals surface area contributed by atoms with E-state index < -0.39 is 11.7 Å². The van der Waals surface area contributed by atoms with Crippen LogP contribution in [0.4, 0.5) is 19.0 Å². The first-order chi connectivity index (χ1) is 20.8. The number of fused-ring (bicyclic) bond motifs is 1. The van der Waals surface area contributed by atoms with E-state index in [0.717, 1.165) is 49.7 Å². The summed E-state index contributed by atoms with van der Waals surface area (Å²) in [5.41, 5.74) is 2.79. The zero-order valence-electron chi connectivity index (χ0n) is 23.7. The SMILES string of the molecule is N#Cc1ccc(-c2ccc3nc(NCc4ccccc4C(F)(F)F)cc(C(=O)N4CCC[C@H]4CN4CCCC4)c3c2)cc1. The summed E-state index contributed by atoms with van der Waals surface area (Å²) in [5.74, 6) is 0.249. The molecule has 6 nitrogen and oxygen atoms in total. The monoisotopic (exact) mass is 583 g/mol. The molecule has 3 heterocycles. The van der Waals surface area contributed by atoms with E-state index in [0.29, 0.717) is 34.4 Å². The van der Waals surface area contributed by atoms with Gasteiger partial charge in [-0.15, -0.1) is 0 Å². The number of amides is 1. The molecule has 1 N–H and O–H groups in total. The first-order valence-corrected chi connectivity index (χ1v) is 14.7. The van der Waals surface area contributed by atoms with Crippen molar-refractivity contribution in [3.8, 4) is 17.2 Å². The number of carbonyl (C=O) groups excluding carboxylic acids is 1.